The zero-order valence-electron chi connectivity index (χ0n) is 12.7. The smallest absolute Gasteiger partial charge is 0.323 e. The summed E-state index contributed by atoms with van der Waals surface area (Å²) in [6.07, 6.45) is 6.12. The van der Waals surface area contributed by atoms with Gasteiger partial charge in [-0.15, -0.1) is 0 Å². The molecule has 116 valence electrons. The number of hydrogen-bond acceptors (Lipinski definition) is 4. The van der Waals surface area contributed by atoms with E-state index in [0.717, 1.165) is 51.8 Å². The number of hydrogen-bond donors (Lipinski definition) is 2. The molecule has 5 heteroatoms. The van der Waals surface area contributed by atoms with E-state index in [1.165, 1.54) is 0 Å². The average Bonchev–Trinajstić information content (AvgIpc) is 2.97. The van der Waals surface area contributed by atoms with Crippen LogP contribution in [0, 0.1) is 0 Å². The number of carboxylic acid groups (broad SMARTS) is 1. The molecule has 1 heterocycles. The van der Waals surface area contributed by atoms with E-state index in [9.17, 15) is 9.90 Å². The van der Waals surface area contributed by atoms with E-state index in [2.05, 4.69) is 17.1 Å². The number of carbonyl (C=O) groups is 1. The highest BCUT2D eigenvalue weighted by molar-refractivity contribution is 5.79. The Balaban J connectivity index is 1.99. The van der Waals surface area contributed by atoms with Crippen LogP contribution in [0.4, 0.5) is 0 Å². The Kier molecular flexibility index (Phi) is 5.41. The Morgan fingerprint density at radius 1 is 1.45 bits per heavy atom. The van der Waals surface area contributed by atoms with Gasteiger partial charge in [0.2, 0.25) is 0 Å². The second-order valence-electron chi connectivity index (χ2n) is 6.11. The van der Waals surface area contributed by atoms with E-state index < -0.39 is 11.5 Å². The third kappa shape index (κ3) is 3.32. The van der Waals surface area contributed by atoms with Crippen LogP contribution in [0.3, 0.4) is 0 Å². The molecule has 0 aromatic heterocycles. The molecule has 0 aromatic rings. The van der Waals surface area contributed by atoms with Crippen molar-refractivity contribution in [3.05, 3.63) is 0 Å². The predicted octanol–water partition coefficient (Wildman–Crippen LogP) is 1.47. The first-order valence-corrected chi connectivity index (χ1v) is 7.89. The lowest BCUT2D eigenvalue weighted by Crippen LogP contribution is -2.57. The van der Waals surface area contributed by atoms with E-state index in [0.29, 0.717) is 18.6 Å². The largest absolute Gasteiger partial charge is 0.480 e. The molecule has 2 rings (SSSR count). The van der Waals surface area contributed by atoms with Gasteiger partial charge in [0.1, 0.15) is 5.54 Å². The van der Waals surface area contributed by atoms with Gasteiger partial charge in [-0.05, 0) is 52.1 Å². The van der Waals surface area contributed by atoms with Crippen LogP contribution >= 0.6 is 0 Å². The highest BCUT2D eigenvalue weighted by atomic mass is 16.5. The normalized spacial score (nSPS) is 34.5. The number of rotatable bonds is 6. The molecule has 1 saturated heterocycles. The van der Waals surface area contributed by atoms with Crippen LogP contribution in [-0.4, -0.2) is 60.4 Å². The summed E-state index contributed by atoms with van der Waals surface area (Å²) < 4.78 is 5.73. The van der Waals surface area contributed by atoms with Gasteiger partial charge in [-0.25, -0.2) is 0 Å². The van der Waals surface area contributed by atoms with Gasteiger partial charge in [0, 0.05) is 19.2 Å². The lowest BCUT2D eigenvalue weighted by atomic mass is 9.78. The maximum Gasteiger partial charge on any atom is 0.323 e. The Hall–Kier alpha value is -0.650. The zero-order chi connectivity index (χ0) is 14.6. The van der Waals surface area contributed by atoms with Crippen LogP contribution in [0.5, 0.6) is 0 Å². The van der Waals surface area contributed by atoms with Gasteiger partial charge >= 0.3 is 5.97 Å². The molecule has 1 saturated carbocycles. The van der Waals surface area contributed by atoms with E-state index in [-0.39, 0.29) is 0 Å². The summed E-state index contributed by atoms with van der Waals surface area (Å²) in [5.74, 6) is -0.710. The third-order valence-corrected chi connectivity index (χ3v) is 5.00. The number of ether oxygens (including phenoxy) is 1. The van der Waals surface area contributed by atoms with Gasteiger partial charge in [0.25, 0.3) is 0 Å². The van der Waals surface area contributed by atoms with Crippen LogP contribution in [0.25, 0.3) is 0 Å². The summed E-state index contributed by atoms with van der Waals surface area (Å²) in [6.45, 7) is 4.94. The van der Waals surface area contributed by atoms with E-state index in [1.807, 2.05) is 0 Å². The lowest BCUT2D eigenvalue weighted by molar-refractivity contribution is -0.147. The van der Waals surface area contributed by atoms with Crippen molar-refractivity contribution in [1.82, 2.24) is 10.2 Å². The lowest BCUT2D eigenvalue weighted by Gasteiger charge is -2.42. The minimum atomic E-state index is -0.743. The summed E-state index contributed by atoms with van der Waals surface area (Å²) in [5, 5.41) is 12.6. The predicted molar refractivity (Wildman–Crippen MR) is 77.9 cm³/mol. The van der Waals surface area contributed by atoms with Crippen molar-refractivity contribution in [1.29, 1.82) is 0 Å². The van der Waals surface area contributed by atoms with Crippen molar-refractivity contribution >= 4 is 5.97 Å². The molecule has 0 aromatic carbocycles. The van der Waals surface area contributed by atoms with Crippen LogP contribution in [-0.2, 0) is 9.53 Å². The molecule has 20 heavy (non-hydrogen) atoms. The number of likely N-dealkylation sites (N-methyl/N-ethyl adjacent to an activating group) is 2. The molecule has 3 unspecified atom stereocenters. The van der Waals surface area contributed by atoms with Crippen molar-refractivity contribution in [2.75, 3.05) is 26.7 Å². The fourth-order valence-electron chi connectivity index (χ4n) is 3.67. The van der Waals surface area contributed by atoms with E-state index in [1.54, 1.807) is 7.05 Å². The molecule has 2 fully saturated rings. The Bertz CT molecular complexity index is 331. The van der Waals surface area contributed by atoms with Crippen molar-refractivity contribution in [3.8, 4) is 0 Å². The molecule has 2 N–H and O–H groups in total. The Morgan fingerprint density at radius 2 is 2.25 bits per heavy atom. The van der Waals surface area contributed by atoms with E-state index in [4.69, 9.17) is 4.74 Å². The number of nitrogens with one attached hydrogen (secondary N) is 1. The quantitative estimate of drug-likeness (QED) is 0.773. The first-order chi connectivity index (χ1) is 9.61. The Labute approximate surface area is 121 Å². The standard InChI is InChI=1S/C15H28N2O3/c1-3-17(11-13-7-5-9-20-13)12-6-4-8-15(10-12,16-2)14(18)19/h12-13,16H,3-11H2,1-2H3,(H,18,19). The molecule has 3 atom stereocenters. The van der Waals surface area contributed by atoms with Crippen LogP contribution in [0.2, 0.25) is 0 Å². The monoisotopic (exact) mass is 284 g/mol. The van der Waals surface area contributed by atoms with Crippen LogP contribution < -0.4 is 5.32 Å². The fraction of sp³-hybridized carbons (Fsp3) is 0.933. The molecular weight excluding hydrogens is 256 g/mol. The maximum atomic E-state index is 11.6. The molecular formula is C15H28N2O3. The van der Waals surface area contributed by atoms with Gasteiger partial charge in [-0.1, -0.05) is 6.92 Å². The van der Waals surface area contributed by atoms with Gasteiger partial charge in [0.05, 0.1) is 6.10 Å². The summed E-state index contributed by atoms with van der Waals surface area (Å²) in [7, 11) is 1.77. The van der Waals surface area contributed by atoms with Crippen LogP contribution in [0.15, 0.2) is 0 Å². The fourth-order valence-corrected chi connectivity index (χ4v) is 3.67. The maximum absolute atomic E-state index is 11.6. The molecule has 5 nitrogen and oxygen atoms in total. The molecule has 1 aliphatic heterocycles. The number of nitrogens with zero attached hydrogens (tertiary/aromatic N) is 1. The Morgan fingerprint density at radius 3 is 2.80 bits per heavy atom. The second-order valence-corrected chi connectivity index (χ2v) is 6.11. The van der Waals surface area contributed by atoms with Gasteiger partial charge in [-0.3, -0.25) is 9.69 Å². The highest BCUT2D eigenvalue weighted by Gasteiger charge is 2.43. The number of aliphatic carboxylic acids is 1. The minimum Gasteiger partial charge on any atom is -0.480 e. The SMILES string of the molecule is CCN(CC1CCCO1)C1CCCC(NC)(C(=O)O)C1. The van der Waals surface area contributed by atoms with Gasteiger partial charge < -0.3 is 15.2 Å². The average molecular weight is 284 g/mol. The molecule has 1 aliphatic carbocycles. The van der Waals surface area contributed by atoms with Gasteiger partial charge in [-0.2, -0.15) is 0 Å². The first kappa shape index (κ1) is 15.7. The van der Waals surface area contributed by atoms with E-state index >= 15 is 0 Å². The molecule has 0 radical (unpaired) electrons. The molecule has 0 amide bonds. The highest BCUT2D eigenvalue weighted by Crippen LogP contribution is 2.32. The third-order valence-electron chi connectivity index (χ3n) is 5.00. The number of carboxylic acids is 1. The topological polar surface area (TPSA) is 61.8 Å². The molecule has 0 bridgehead atoms. The van der Waals surface area contributed by atoms with Crippen molar-refractivity contribution in [3.63, 3.8) is 0 Å². The van der Waals surface area contributed by atoms with Crippen molar-refractivity contribution in [2.24, 2.45) is 0 Å². The zero-order valence-corrected chi connectivity index (χ0v) is 12.7. The molecule has 0 spiro atoms. The summed E-state index contributed by atoms with van der Waals surface area (Å²) in [5.41, 5.74) is -0.743. The van der Waals surface area contributed by atoms with Crippen LogP contribution in [0.1, 0.15) is 45.4 Å². The summed E-state index contributed by atoms with van der Waals surface area (Å²) >= 11 is 0. The summed E-state index contributed by atoms with van der Waals surface area (Å²) in [6, 6.07) is 0.349. The van der Waals surface area contributed by atoms with Crippen molar-refractivity contribution < 1.29 is 14.6 Å². The minimum absolute atomic E-state index is 0.339. The second kappa shape index (κ2) is 6.87. The first-order valence-electron chi connectivity index (χ1n) is 7.89. The summed E-state index contributed by atoms with van der Waals surface area (Å²) in [4.78, 5) is 14.0. The van der Waals surface area contributed by atoms with Crippen molar-refractivity contribution in [2.45, 2.75) is 63.1 Å². The van der Waals surface area contributed by atoms with Gasteiger partial charge in [0.15, 0.2) is 0 Å². The molecule has 2 aliphatic rings.